The highest BCUT2D eigenvalue weighted by molar-refractivity contribution is 6.06. The summed E-state index contributed by atoms with van der Waals surface area (Å²) in [5, 5.41) is 0. The Balaban J connectivity index is 1.88. The maximum absolute atomic E-state index is 12.3. The van der Waals surface area contributed by atoms with Crippen LogP contribution in [0.5, 0.6) is 0 Å². The fourth-order valence-corrected chi connectivity index (χ4v) is 3.08. The molecule has 1 aromatic heterocycles. The first-order chi connectivity index (χ1) is 13.0. The van der Waals surface area contributed by atoms with E-state index >= 15 is 0 Å². The van der Waals surface area contributed by atoms with E-state index in [0.29, 0.717) is 11.1 Å². The third-order valence-electron chi connectivity index (χ3n) is 4.49. The van der Waals surface area contributed by atoms with Crippen LogP contribution in [-0.2, 0) is 4.74 Å². The summed E-state index contributed by atoms with van der Waals surface area (Å²) < 4.78 is 6.83. The van der Waals surface area contributed by atoms with Gasteiger partial charge in [0.05, 0.1) is 12.7 Å². The standard InChI is InChI=1S/C23H21NO3/c1-16-15-20(11-14-22(25)18-7-5-4-6-8-18)17(2)24(16)21-12-9-19(10-13-21)23(26)27-3/h4-15H,1-3H3/b14-11+. The molecular weight excluding hydrogens is 338 g/mol. The summed E-state index contributed by atoms with van der Waals surface area (Å²) >= 11 is 0. The van der Waals surface area contributed by atoms with Crippen LogP contribution in [0.1, 0.15) is 37.7 Å². The lowest BCUT2D eigenvalue weighted by Gasteiger charge is -2.10. The van der Waals surface area contributed by atoms with E-state index in [-0.39, 0.29) is 11.8 Å². The molecule has 0 spiro atoms. The van der Waals surface area contributed by atoms with Crippen LogP contribution in [0.15, 0.2) is 66.7 Å². The molecule has 2 aromatic carbocycles. The minimum absolute atomic E-state index is 0.0252. The maximum atomic E-state index is 12.3. The Labute approximate surface area is 158 Å². The van der Waals surface area contributed by atoms with Gasteiger partial charge in [0.1, 0.15) is 0 Å². The number of esters is 1. The van der Waals surface area contributed by atoms with Gasteiger partial charge in [0.15, 0.2) is 5.78 Å². The highest BCUT2D eigenvalue weighted by atomic mass is 16.5. The van der Waals surface area contributed by atoms with Gasteiger partial charge in [-0.2, -0.15) is 0 Å². The van der Waals surface area contributed by atoms with Crippen molar-refractivity contribution in [1.82, 2.24) is 4.57 Å². The van der Waals surface area contributed by atoms with Crippen LogP contribution in [0.25, 0.3) is 11.8 Å². The lowest BCUT2D eigenvalue weighted by atomic mass is 10.1. The fourth-order valence-electron chi connectivity index (χ4n) is 3.08. The first-order valence-electron chi connectivity index (χ1n) is 8.66. The molecule has 0 radical (unpaired) electrons. The molecule has 3 aromatic rings. The summed E-state index contributed by atoms with van der Waals surface area (Å²) in [7, 11) is 1.37. The Morgan fingerprint density at radius 3 is 2.22 bits per heavy atom. The molecule has 0 amide bonds. The number of carbonyl (C=O) groups excluding carboxylic acids is 2. The van der Waals surface area contributed by atoms with Gasteiger partial charge < -0.3 is 9.30 Å². The summed E-state index contributed by atoms with van der Waals surface area (Å²) in [6.07, 6.45) is 3.44. The average Bonchev–Trinajstić information content (AvgIpc) is 2.99. The van der Waals surface area contributed by atoms with E-state index in [0.717, 1.165) is 22.6 Å². The summed E-state index contributed by atoms with van der Waals surface area (Å²) in [5.41, 5.74) is 5.18. The largest absolute Gasteiger partial charge is 0.465 e. The van der Waals surface area contributed by atoms with Crippen LogP contribution in [0.3, 0.4) is 0 Å². The van der Waals surface area contributed by atoms with Gasteiger partial charge in [-0.25, -0.2) is 4.79 Å². The quantitative estimate of drug-likeness (QED) is 0.374. The third kappa shape index (κ3) is 3.90. The lowest BCUT2D eigenvalue weighted by Crippen LogP contribution is -2.03. The number of aromatic nitrogens is 1. The summed E-state index contributed by atoms with van der Waals surface area (Å²) in [6, 6.07) is 18.5. The van der Waals surface area contributed by atoms with Crippen LogP contribution in [0.4, 0.5) is 0 Å². The monoisotopic (exact) mass is 359 g/mol. The zero-order chi connectivity index (χ0) is 19.4. The number of allylic oxidation sites excluding steroid dienone is 1. The second-order valence-electron chi connectivity index (χ2n) is 6.26. The Hall–Kier alpha value is -3.40. The molecule has 4 nitrogen and oxygen atoms in total. The van der Waals surface area contributed by atoms with Crippen LogP contribution >= 0.6 is 0 Å². The van der Waals surface area contributed by atoms with Gasteiger partial charge in [0.25, 0.3) is 0 Å². The minimum Gasteiger partial charge on any atom is -0.465 e. The molecule has 0 N–H and O–H groups in total. The minimum atomic E-state index is -0.356. The third-order valence-corrected chi connectivity index (χ3v) is 4.49. The molecule has 1 heterocycles. The molecule has 0 saturated carbocycles. The van der Waals surface area contributed by atoms with Crippen molar-refractivity contribution in [1.29, 1.82) is 0 Å². The number of methoxy groups -OCH3 is 1. The zero-order valence-electron chi connectivity index (χ0n) is 15.6. The van der Waals surface area contributed by atoms with Crippen LogP contribution in [0, 0.1) is 13.8 Å². The molecule has 0 fully saturated rings. The predicted molar refractivity (Wildman–Crippen MR) is 106 cm³/mol. The van der Waals surface area contributed by atoms with Crippen molar-refractivity contribution in [3.8, 4) is 5.69 Å². The Morgan fingerprint density at radius 1 is 0.926 bits per heavy atom. The Morgan fingerprint density at radius 2 is 1.59 bits per heavy atom. The van der Waals surface area contributed by atoms with Gasteiger partial charge in [-0.15, -0.1) is 0 Å². The number of ketones is 1. The molecule has 0 atom stereocenters. The highest BCUT2D eigenvalue weighted by Gasteiger charge is 2.11. The van der Waals surface area contributed by atoms with Crippen LogP contribution in [-0.4, -0.2) is 23.4 Å². The zero-order valence-corrected chi connectivity index (χ0v) is 15.6. The van der Waals surface area contributed by atoms with Gasteiger partial charge >= 0.3 is 5.97 Å². The highest BCUT2D eigenvalue weighted by Crippen LogP contribution is 2.22. The molecule has 27 heavy (non-hydrogen) atoms. The van der Waals surface area contributed by atoms with E-state index < -0.39 is 0 Å². The smallest absolute Gasteiger partial charge is 0.337 e. The number of hydrogen-bond acceptors (Lipinski definition) is 3. The van der Waals surface area contributed by atoms with Crippen molar-refractivity contribution in [2.24, 2.45) is 0 Å². The van der Waals surface area contributed by atoms with E-state index in [4.69, 9.17) is 4.74 Å². The molecule has 0 aliphatic heterocycles. The fraction of sp³-hybridized carbons (Fsp3) is 0.130. The van der Waals surface area contributed by atoms with Crippen molar-refractivity contribution in [3.63, 3.8) is 0 Å². The number of carbonyl (C=O) groups is 2. The summed E-state index contributed by atoms with van der Waals surface area (Å²) in [5.74, 6) is -0.381. The molecule has 3 rings (SSSR count). The number of benzene rings is 2. The van der Waals surface area contributed by atoms with Crippen LogP contribution in [0.2, 0.25) is 0 Å². The van der Waals surface area contributed by atoms with Crippen molar-refractivity contribution < 1.29 is 14.3 Å². The molecule has 136 valence electrons. The summed E-state index contributed by atoms with van der Waals surface area (Å²) in [4.78, 5) is 23.9. The van der Waals surface area contributed by atoms with Gasteiger partial charge in [0, 0.05) is 22.6 Å². The summed E-state index contributed by atoms with van der Waals surface area (Å²) in [6.45, 7) is 4.02. The molecular formula is C23H21NO3. The molecule has 0 aliphatic rings. The van der Waals surface area contributed by atoms with Crippen molar-refractivity contribution in [2.75, 3.05) is 7.11 Å². The first kappa shape index (κ1) is 18.4. The SMILES string of the molecule is COC(=O)c1ccc(-n2c(C)cc(/C=C/C(=O)c3ccccc3)c2C)cc1. The molecule has 4 heteroatoms. The second kappa shape index (κ2) is 7.87. The number of aryl methyl sites for hydroxylation is 1. The molecule has 0 saturated heterocycles. The Bertz CT molecular complexity index is 996. The molecule has 0 bridgehead atoms. The molecule has 0 aliphatic carbocycles. The van der Waals surface area contributed by atoms with Crippen molar-refractivity contribution >= 4 is 17.8 Å². The van der Waals surface area contributed by atoms with Gasteiger partial charge in [-0.3, -0.25) is 4.79 Å². The van der Waals surface area contributed by atoms with E-state index in [9.17, 15) is 9.59 Å². The number of nitrogens with zero attached hydrogens (tertiary/aromatic N) is 1. The van der Waals surface area contributed by atoms with E-state index in [1.165, 1.54) is 7.11 Å². The lowest BCUT2D eigenvalue weighted by molar-refractivity contribution is 0.0600. The average molecular weight is 359 g/mol. The van der Waals surface area contributed by atoms with Crippen molar-refractivity contribution in [3.05, 3.63) is 94.8 Å². The number of ether oxygens (including phenoxy) is 1. The maximum Gasteiger partial charge on any atom is 0.337 e. The Kier molecular flexibility index (Phi) is 5.36. The van der Waals surface area contributed by atoms with Gasteiger partial charge in [0.2, 0.25) is 0 Å². The normalized spacial score (nSPS) is 10.9. The molecule has 0 unspecified atom stereocenters. The van der Waals surface area contributed by atoms with E-state index in [1.807, 2.05) is 56.3 Å². The van der Waals surface area contributed by atoms with Gasteiger partial charge in [-0.05, 0) is 61.9 Å². The number of hydrogen-bond donors (Lipinski definition) is 0. The topological polar surface area (TPSA) is 48.3 Å². The predicted octanol–water partition coefficient (Wildman–Crippen LogP) is 4.78. The van der Waals surface area contributed by atoms with E-state index in [2.05, 4.69) is 4.57 Å². The van der Waals surface area contributed by atoms with Crippen molar-refractivity contribution in [2.45, 2.75) is 13.8 Å². The number of rotatable bonds is 5. The van der Waals surface area contributed by atoms with E-state index in [1.54, 1.807) is 30.3 Å². The van der Waals surface area contributed by atoms with Gasteiger partial charge in [-0.1, -0.05) is 30.3 Å². The van der Waals surface area contributed by atoms with Crippen LogP contribution < -0.4 is 0 Å². The second-order valence-corrected chi connectivity index (χ2v) is 6.26. The first-order valence-corrected chi connectivity index (χ1v) is 8.66.